The van der Waals surface area contributed by atoms with Crippen molar-refractivity contribution < 1.29 is 0 Å². The van der Waals surface area contributed by atoms with Crippen molar-refractivity contribution in [3.63, 3.8) is 0 Å². The van der Waals surface area contributed by atoms with E-state index in [1.165, 1.54) is 95.1 Å². The van der Waals surface area contributed by atoms with Crippen molar-refractivity contribution >= 4 is 107 Å². The molecule has 2 nitrogen and oxygen atoms in total. The molecule has 6 aromatic carbocycles. The number of hydrogen-bond acceptors (Lipinski definition) is 2. The van der Waals surface area contributed by atoms with Gasteiger partial charge in [0.2, 0.25) is 0 Å². The first kappa shape index (κ1) is 26.6. The number of rotatable bonds is 3. The first-order valence-electron chi connectivity index (χ1n) is 16.2. The minimum Gasteiger partial charge on any atom is -0.337 e. The van der Waals surface area contributed by atoms with E-state index in [1.54, 1.807) is 0 Å². The fourth-order valence-corrected chi connectivity index (χ4v) is 10.4. The van der Waals surface area contributed by atoms with E-state index in [9.17, 15) is 0 Å². The second kappa shape index (κ2) is 9.45. The molecule has 0 radical (unpaired) electrons. The Morgan fingerprint density at radius 1 is 0.435 bits per heavy atom. The lowest BCUT2D eigenvalue weighted by Crippen LogP contribution is -2.00. The van der Waals surface area contributed by atoms with Crippen LogP contribution in [0.4, 0.5) is 0 Å². The van der Waals surface area contributed by atoms with E-state index in [1.807, 2.05) is 22.7 Å². The summed E-state index contributed by atoms with van der Waals surface area (Å²) in [5, 5.41) is 10.8. The van der Waals surface area contributed by atoms with Gasteiger partial charge in [0, 0.05) is 80.3 Å². The molecule has 46 heavy (non-hydrogen) atoms. The molecule has 222 valence electrons. The van der Waals surface area contributed by atoms with E-state index in [2.05, 4.69) is 146 Å². The standard InChI is InChI=1S/C42H32N2S2/c1-23(2)43-34-11-7-5-9-27(34)29-17-20-38-39(40(29)43)33-22-26(14-19-37(33)45-38)25-13-18-35-32(21-25)30-15-16-31-28-10-6-8-12-36(28)46-42(31)41(30)44(35)24(3)4/h5-24H,1-4H3. The molecule has 0 fully saturated rings. The van der Waals surface area contributed by atoms with Crippen molar-refractivity contribution in [3.8, 4) is 11.1 Å². The van der Waals surface area contributed by atoms with E-state index in [4.69, 9.17) is 0 Å². The molecule has 0 aliphatic rings. The molecule has 10 aromatic rings. The summed E-state index contributed by atoms with van der Waals surface area (Å²) in [6.45, 7) is 9.23. The summed E-state index contributed by atoms with van der Waals surface area (Å²) in [5.74, 6) is 0. The van der Waals surface area contributed by atoms with Crippen molar-refractivity contribution in [1.29, 1.82) is 0 Å². The summed E-state index contributed by atoms with van der Waals surface area (Å²) in [6, 6.07) is 42.0. The van der Waals surface area contributed by atoms with Gasteiger partial charge in [-0.2, -0.15) is 0 Å². The van der Waals surface area contributed by atoms with Gasteiger partial charge in [-0.3, -0.25) is 0 Å². The van der Waals surface area contributed by atoms with Gasteiger partial charge >= 0.3 is 0 Å². The van der Waals surface area contributed by atoms with Crippen LogP contribution in [0.1, 0.15) is 39.8 Å². The summed E-state index contributed by atoms with van der Waals surface area (Å²) in [4.78, 5) is 0. The van der Waals surface area contributed by atoms with E-state index < -0.39 is 0 Å². The van der Waals surface area contributed by atoms with Crippen LogP contribution in [0.15, 0.2) is 109 Å². The van der Waals surface area contributed by atoms with E-state index >= 15 is 0 Å². The predicted octanol–water partition coefficient (Wildman–Crippen LogP) is 13.5. The molecule has 0 atom stereocenters. The number of nitrogens with zero attached hydrogens (tertiary/aromatic N) is 2. The molecule has 10 rings (SSSR count). The molecule has 0 N–H and O–H groups in total. The lowest BCUT2D eigenvalue weighted by molar-refractivity contribution is 0.643. The van der Waals surface area contributed by atoms with Crippen molar-refractivity contribution in [2.45, 2.75) is 39.8 Å². The highest BCUT2D eigenvalue weighted by molar-refractivity contribution is 7.26. The molecule has 0 saturated carbocycles. The molecule has 0 aliphatic carbocycles. The minimum absolute atomic E-state index is 0.352. The fourth-order valence-electron chi connectivity index (χ4n) is 8.10. The largest absolute Gasteiger partial charge is 0.337 e. The third-order valence-corrected chi connectivity index (χ3v) is 12.3. The molecule has 0 bridgehead atoms. The smallest absolute Gasteiger partial charge is 0.0675 e. The Balaban J connectivity index is 1.25. The van der Waals surface area contributed by atoms with Crippen LogP contribution in [0.2, 0.25) is 0 Å². The van der Waals surface area contributed by atoms with E-state index in [-0.39, 0.29) is 0 Å². The molecule has 0 aliphatic heterocycles. The van der Waals surface area contributed by atoms with Crippen LogP contribution in [0.3, 0.4) is 0 Å². The van der Waals surface area contributed by atoms with Crippen LogP contribution in [-0.4, -0.2) is 9.13 Å². The lowest BCUT2D eigenvalue weighted by Gasteiger charge is -2.13. The molecule has 4 aromatic heterocycles. The number of thiophene rings is 2. The van der Waals surface area contributed by atoms with Crippen LogP contribution in [0.25, 0.3) is 95.1 Å². The first-order valence-corrected chi connectivity index (χ1v) is 17.9. The number of para-hydroxylation sites is 1. The average molecular weight is 629 g/mol. The van der Waals surface area contributed by atoms with Gasteiger partial charge in [-0.1, -0.05) is 66.7 Å². The van der Waals surface area contributed by atoms with Crippen LogP contribution in [-0.2, 0) is 0 Å². The van der Waals surface area contributed by atoms with Gasteiger partial charge in [-0.15, -0.1) is 22.7 Å². The van der Waals surface area contributed by atoms with Crippen molar-refractivity contribution in [2.24, 2.45) is 0 Å². The highest BCUT2D eigenvalue weighted by atomic mass is 32.1. The minimum atomic E-state index is 0.352. The topological polar surface area (TPSA) is 9.86 Å². The fraction of sp³-hybridized carbons (Fsp3) is 0.143. The molecule has 0 saturated heterocycles. The van der Waals surface area contributed by atoms with Crippen molar-refractivity contribution in [1.82, 2.24) is 9.13 Å². The normalized spacial score (nSPS) is 12.7. The molecule has 0 unspecified atom stereocenters. The summed E-state index contributed by atoms with van der Waals surface area (Å²) in [5.41, 5.74) is 7.89. The summed E-state index contributed by atoms with van der Waals surface area (Å²) in [7, 11) is 0. The zero-order chi connectivity index (χ0) is 30.8. The summed E-state index contributed by atoms with van der Waals surface area (Å²) in [6.07, 6.45) is 0. The quantitative estimate of drug-likeness (QED) is 0.184. The molecule has 4 heterocycles. The van der Waals surface area contributed by atoms with Gasteiger partial charge in [-0.25, -0.2) is 0 Å². The Bertz CT molecular complexity index is 2870. The Kier molecular flexibility index (Phi) is 5.45. The van der Waals surface area contributed by atoms with E-state index in [0.29, 0.717) is 12.1 Å². The molecular formula is C42H32N2S2. The van der Waals surface area contributed by atoms with Gasteiger partial charge in [0.1, 0.15) is 0 Å². The third-order valence-electron chi connectivity index (χ3n) is 9.98. The number of hydrogen-bond donors (Lipinski definition) is 0. The maximum Gasteiger partial charge on any atom is 0.0675 e. The van der Waals surface area contributed by atoms with Crippen LogP contribution in [0, 0.1) is 0 Å². The number of benzene rings is 6. The van der Waals surface area contributed by atoms with E-state index in [0.717, 1.165) is 0 Å². The van der Waals surface area contributed by atoms with Gasteiger partial charge in [-0.05, 0) is 81.3 Å². The molecule has 0 spiro atoms. The van der Waals surface area contributed by atoms with Gasteiger partial charge in [0.25, 0.3) is 0 Å². The Morgan fingerprint density at radius 2 is 1.02 bits per heavy atom. The first-order chi connectivity index (χ1) is 22.5. The Morgan fingerprint density at radius 3 is 1.85 bits per heavy atom. The zero-order valence-electron chi connectivity index (χ0n) is 26.3. The Hall–Kier alpha value is -4.64. The van der Waals surface area contributed by atoms with Crippen LogP contribution in [0.5, 0.6) is 0 Å². The Labute approximate surface area is 274 Å². The van der Waals surface area contributed by atoms with Gasteiger partial charge < -0.3 is 9.13 Å². The van der Waals surface area contributed by atoms with Crippen LogP contribution < -0.4 is 0 Å². The monoisotopic (exact) mass is 628 g/mol. The third kappa shape index (κ3) is 3.46. The number of aromatic nitrogens is 2. The zero-order valence-corrected chi connectivity index (χ0v) is 27.9. The average Bonchev–Trinajstić information content (AvgIpc) is 3.81. The van der Waals surface area contributed by atoms with Gasteiger partial charge in [0.05, 0.1) is 15.7 Å². The molecule has 0 amide bonds. The predicted molar refractivity (Wildman–Crippen MR) is 204 cm³/mol. The summed E-state index contributed by atoms with van der Waals surface area (Å²) < 4.78 is 10.6. The van der Waals surface area contributed by atoms with Crippen molar-refractivity contribution in [3.05, 3.63) is 109 Å². The summed E-state index contributed by atoms with van der Waals surface area (Å²) >= 11 is 3.83. The maximum atomic E-state index is 2.56. The van der Waals surface area contributed by atoms with Gasteiger partial charge in [0.15, 0.2) is 0 Å². The van der Waals surface area contributed by atoms with Crippen LogP contribution >= 0.6 is 22.7 Å². The van der Waals surface area contributed by atoms with Crippen molar-refractivity contribution in [2.75, 3.05) is 0 Å². The SMILES string of the molecule is CC(C)n1c2ccc(-c3ccc4sc5ccc6c7ccccc7n(C(C)C)c6c5c4c3)cc2c2ccc3c4ccccc4sc3c21. The number of fused-ring (bicyclic) bond motifs is 14. The lowest BCUT2D eigenvalue weighted by atomic mass is 10.00. The highest BCUT2D eigenvalue weighted by Crippen LogP contribution is 2.46. The second-order valence-electron chi connectivity index (χ2n) is 13.3. The maximum absolute atomic E-state index is 2.56. The molecule has 4 heteroatoms. The highest BCUT2D eigenvalue weighted by Gasteiger charge is 2.21. The second-order valence-corrected chi connectivity index (χ2v) is 15.4. The molecular weight excluding hydrogens is 597 g/mol.